The van der Waals surface area contributed by atoms with Crippen molar-refractivity contribution in [1.82, 2.24) is 14.8 Å². The predicted molar refractivity (Wildman–Crippen MR) is 113 cm³/mol. The van der Waals surface area contributed by atoms with E-state index in [1.54, 1.807) is 31.5 Å². The Kier molecular flexibility index (Phi) is 7.63. The van der Waals surface area contributed by atoms with Crippen LogP contribution in [0.15, 0.2) is 55.3 Å². The molecule has 154 valence electrons. The number of amides is 1. The molecule has 2 aromatic rings. The third-order valence-corrected chi connectivity index (χ3v) is 5.26. The Morgan fingerprint density at radius 1 is 1.28 bits per heavy atom. The molecule has 6 nitrogen and oxygen atoms in total. The molecule has 0 aliphatic carbocycles. The first-order valence-corrected chi connectivity index (χ1v) is 9.98. The van der Waals surface area contributed by atoms with Crippen LogP contribution < -0.4 is 4.74 Å². The number of carbonyl (C=O) groups is 1. The third kappa shape index (κ3) is 5.56. The summed E-state index contributed by atoms with van der Waals surface area (Å²) >= 11 is 6.07. The van der Waals surface area contributed by atoms with Crippen molar-refractivity contribution in [2.45, 2.75) is 6.10 Å². The standard InChI is InChI=1S/C22H26ClN3O3/c1-3-14-29-20(17-6-4-7-18(15-17)28-2)16-25-10-12-26(13-11-25)22(27)19-8-5-9-24-21(19)23/h3-9,15,20H,1,10-14,16H2,2H3. The summed E-state index contributed by atoms with van der Waals surface area (Å²) in [6.45, 7) is 7.75. The number of rotatable bonds is 8. The molecule has 1 aromatic heterocycles. The van der Waals surface area contributed by atoms with Crippen LogP contribution in [0.2, 0.25) is 5.15 Å². The zero-order valence-corrected chi connectivity index (χ0v) is 17.3. The Balaban J connectivity index is 1.61. The van der Waals surface area contributed by atoms with E-state index in [1.807, 2.05) is 29.2 Å². The van der Waals surface area contributed by atoms with E-state index in [9.17, 15) is 4.79 Å². The molecule has 0 N–H and O–H groups in total. The number of hydrogen-bond acceptors (Lipinski definition) is 5. The lowest BCUT2D eigenvalue weighted by atomic mass is 10.1. The highest BCUT2D eigenvalue weighted by molar-refractivity contribution is 6.32. The van der Waals surface area contributed by atoms with Crippen molar-refractivity contribution in [3.05, 3.63) is 71.5 Å². The number of benzene rings is 1. The average Bonchev–Trinajstić information content (AvgIpc) is 2.77. The largest absolute Gasteiger partial charge is 0.497 e. The topological polar surface area (TPSA) is 54.9 Å². The average molecular weight is 416 g/mol. The van der Waals surface area contributed by atoms with Gasteiger partial charge in [0, 0.05) is 38.9 Å². The highest BCUT2D eigenvalue weighted by Gasteiger charge is 2.26. The Bertz CT molecular complexity index is 838. The minimum absolute atomic E-state index is 0.0741. The highest BCUT2D eigenvalue weighted by Crippen LogP contribution is 2.24. The number of pyridine rings is 1. The first-order chi connectivity index (χ1) is 14.1. The van der Waals surface area contributed by atoms with Gasteiger partial charge in [0.05, 0.1) is 25.4 Å². The van der Waals surface area contributed by atoms with Gasteiger partial charge in [0.25, 0.3) is 5.91 Å². The quantitative estimate of drug-likeness (QED) is 0.488. The van der Waals surface area contributed by atoms with Crippen LogP contribution in [-0.2, 0) is 4.74 Å². The van der Waals surface area contributed by atoms with E-state index >= 15 is 0 Å². The normalized spacial score (nSPS) is 15.7. The molecule has 3 rings (SSSR count). The monoisotopic (exact) mass is 415 g/mol. The predicted octanol–water partition coefficient (Wildman–Crippen LogP) is 3.45. The van der Waals surface area contributed by atoms with Crippen molar-refractivity contribution >= 4 is 17.5 Å². The van der Waals surface area contributed by atoms with Crippen LogP contribution in [-0.4, -0.2) is 67.1 Å². The summed E-state index contributed by atoms with van der Waals surface area (Å²) in [6.07, 6.45) is 3.23. The number of methoxy groups -OCH3 is 1. The van der Waals surface area contributed by atoms with E-state index in [1.165, 1.54) is 0 Å². The smallest absolute Gasteiger partial charge is 0.257 e. The summed E-state index contributed by atoms with van der Waals surface area (Å²) in [4.78, 5) is 20.8. The van der Waals surface area contributed by atoms with E-state index in [4.69, 9.17) is 21.1 Å². The van der Waals surface area contributed by atoms with Gasteiger partial charge in [0.15, 0.2) is 0 Å². The van der Waals surface area contributed by atoms with Crippen molar-refractivity contribution < 1.29 is 14.3 Å². The minimum atomic E-state index is -0.0990. The second-order valence-corrected chi connectivity index (χ2v) is 7.18. The van der Waals surface area contributed by atoms with Crippen LogP contribution in [0.25, 0.3) is 0 Å². The number of ether oxygens (including phenoxy) is 2. The summed E-state index contributed by atoms with van der Waals surface area (Å²) in [5, 5.41) is 0.246. The molecule has 0 saturated carbocycles. The van der Waals surface area contributed by atoms with Gasteiger partial charge in [0.2, 0.25) is 0 Å². The molecule has 1 unspecified atom stereocenters. The van der Waals surface area contributed by atoms with Gasteiger partial charge in [-0.3, -0.25) is 9.69 Å². The van der Waals surface area contributed by atoms with Gasteiger partial charge in [-0.25, -0.2) is 4.98 Å². The molecule has 2 heterocycles. The number of piperazine rings is 1. The van der Waals surface area contributed by atoms with Gasteiger partial charge in [-0.1, -0.05) is 29.8 Å². The molecule has 7 heteroatoms. The zero-order valence-electron chi connectivity index (χ0n) is 16.6. The van der Waals surface area contributed by atoms with Crippen molar-refractivity contribution in [2.75, 3.05) is 46.4 Å². The van der Waals surface area contributed by atoms with Gasteiger partial charge < -0.3 is 14.4 Å². The molecule has 1 atom stereocenters. The summed E-state index contributed by atoms with van der Waals surface area (Å²) in [6, 6.07) is 11.4. The number of carbonyl (C=O) groups excluding carboxylic acids is 1. The Morgan fingerprint density at radius 3 is 2.76 bits per heavy atom. The molecule has 1 saturated heterocycles. The fourth-order valence-electron chi connectivity index (χ4n) is 3.36. The Hall–Kier alpha value is -2.41. The van der Waals surface area contributed by atoms with Gasteiger partial charge >= 0.3 is 0 Å². The lowest BCUT2D eigenvalue weighted by Crippen LogP contribution is -2.49. The molecule has 0 radical (unpaired) electrons. The van der Waals surface area contributed by atoms with Crippen LogP contribution in [0, 0.1) is 0 Å². The van der Waals surface area contributed by atoms with Gasteiger partial charge in [0.1, 0.15) is 10.9 Å². The number of aromatic nitrogens is 1. The SMILES string of the molecule is C=CCOC(CN1CCN(C(=O)c2cccnc2Cl)CC1)c1cccc(OC)c1. The van der Waals surface area contributed by atoms with Crippen LogP contribution in [0.3, 0.4) is 0 Å². The number of halogens is 1. The van der Waals surface area contributed by atoms with E-state index in [0.29, 0.717) is 25.3 Å². The van der Waals surface area contributed by atoms with Gasteiger partial charge in [-0.05, 0) is 29.8 Å². The van der Waals surface area contributed by atoms with E-state index < -0.39 is 0 Å². The molecule has 1 aromatic carbocycles. The minimum Gasteiger partial charge on any atom is -0.497 e. The maximum absolute atomic E-state index is 12.7. The second kappa shape index (κ2) is 10.4. The molecule has 1 fully saturated rings. The van der Waals surface area contributed by atoms with Crippen molar-refractivity contribution in [1.29, 1.82) is 0 Å². The van der Waals surface area contributed by atoms with Crippen molar-refractivity contribution in [2.24, 2.45) is 0 Å². The maximum atomic E-state index is 12.7. The molecular weight excluding hydrogens is 390 g/mol. The molecule has 29 heavy (non-hydrogen) atoms. The summed E-state index contributed by atoms with van der Waals surface area (Å²) in [5.41, 5.74) is 1.51. The van der Waals surface area contributed by atoms with Crippen LogP contribution in [0.1, 0.15) is 22.0 Å². The lowest BCUT2D eigenvalue weighted by Gasteiger charge is -2.36. The van der Waals surface area contributed by atoms with Crippen LogP contribution >= 0.6 is 11.6 Å². The fourth-order valence-corrected chi connectivity index (χ4v) is 3.56. The number of hydrogen-bond donors (Lipinski definition) is 0. The summed E-state index contributed by atoms with van der Waals surface area (Å²) in [5.74, 6) is 0.730. The van der Waals surface area contributed by atoms with Crippen molar-refractivity contribution in [3.63, 3.8) is 0 Å². The van der Waals surface area contributed by atoms with Crippen LogP contribution in [0.4, 0.5) is 0 Å². The third-order valence-electron chi connectivity index (χ3n) is 4.95. The van der Waals surface area contributed by atoms with Crippen molar-refractivity contribution in [3.8, 4) is 5.75 Å². The molecule has 1 aliphatic rings. The van der Waals surface area contributed by atoms with Gasteiger partial charge in [-0.15, -0.1) is 6.58 Å². The van der Waals surface area contributed by atoms with Crippen LogP contribution in [0.5, 0.6) is 5.75 Å². The zero-order chi connectivity index (χ0) is 20.6. The highest BCUT2D eigenvalue weighted by atomic mass is 35.5. The Morgan fingerprint density at radius 2 is 2.07 bits per heavy atom. The second-order valence-electron chi connectivity index (χ2n) is 6.82. The molecule has 1 aliphatic heterocycles. The van der Waals surface area contributed by atoms with E-state index in [-0.39, 0.29) is 17.2 Å². The summed E-state index contributed by atoms with van der Waals surface area (Å²) < 4.78 is 11.4. The van der Waals surface area contributed by atoms with E-state index in [2.05, 4.69) is 16.5 Å². The molecule has 0 bridgehead atoms. The Labute approximate surface area is 176 Å². The first kappa shape index (κ1) is 21.3. The maximum Gasteiger partial charge on any atom is 0.257 e. The fraction of sp³-hybridized carbons (Fsp3) is 0.364. The number of nitrogens with zero attached hydrogens (tertiary/aromatic N) is 3. The lowest BCUT2D eigenvalue weighted by molar-refractivity contribution is 0.0244. The molecule has 1 amide bonds. The van der Waals surface area contributed by atoms with E-state index in [0.717, 1.165) is 30.9 Å². The molecule has 0 spiro atoms. The van der Waals surface area contributed by atoms with Gasteiger partial charge in [-0.2, -0.15) is 0 Å². The summed E-state index contributed by atoms with van der Waals surface area (Å²) in [7, 11) is 1.66. The molecular formula is C22H26ClN3O3. The first-order valence-electron chi connectivity index (χ1n) is 9.61.